The van der Waals surface area contributed by atoms with Gasteiger partial charge in [-0.15, -0.1) is 0 Å². The summed E-state index contributed by atoms with van der Waals surface area (Å²) in [7, 11) is 1.49. The molecule has 0 fully saturated rings. The van der Waals surface area contributed by atoms with Gasteiger partial charge in [0.2, 0.25) is 0 Å². The van der Waals surface area contributed by atoms with Crippen LogP contribution in [0.5, 0.6) is 0 Å². The molecule has 1 aromatic heterocycles. The summed E-state index contributed by atoms with van der Waals surface area (Å²) >= 11 is 0. The van der Waals surface area contributed by atoms with Crippen molar-refractivity contribution in [3.8, 4) is 11.3 Å². The fourth-order valence-corrected chi connectivity index (χ4v) is 2.35. The lowest BCUT2D eigenvalue weighted by Gasteiger charge is -2.09. The normalized spacial score (nSPS) is 11.3. The van der Waals surface area contributed by atoms with E-state index < -0.39 is 5.91 Å². The molecule has 144 valence electrons. The number of nitrogens with zero attached hydrogens (tertiary/aromatic N) is 2. The number of benzene rings is 1. The molecular formula is C21H23N5O2. The van der Waals surface area contributed by atoms with E-state index in [9.17, 15) is 9.59 Å². The minimum atomic E-state index is -0.425. The lowest BCUT2D eigenvalue weighted by molar-refractivity contribution is 0.0949. The van der Waals surface area contributed by atoms with Gasteiger partial charge in [-0.1, -0.05) is 43.0 Å². The van der Waals surface area contributed by atoms with E-state index in [0.29, 0.717) is 23.4 Å². The van der Waals surface area contributed by atoms with Crippen LogP contribution >= 0.6 is 0 Å². The number of carbonyl (C=O) groups is 2. The maximum absolute atomic E-state index is 12.5. The molecule has 0 aliphatic carbocycles. The standard InChI is InChI=1S/C21H23N5O2/c1-4-6-8-14(5-2)12-25-20(27)16-10-7-9-15(11-16)17-13-24-19(22)18(26-17)21(28)23-3/h4-11,13H,2,12H2,1,3H3,(H2,22,24)(H,23,28)(H,25,27)/b6-4-,14-8+. The monoisotopic (exact) mass is 377 g/mol. The molecule has 2 rings (SSSR count). The van der Waals surface area contributed by atoms with E-state index in [4.69, 9.17) is 5.73 Å². The van der Waals surface area contributed by atoms with Gasteiger partial charge in [0.05, 0.1) is 11.9 Å². The van der Waals surface area contributed by atoms with Gasteiger partial charge < -0.3 is 16.4 Å². The van der Waals surface area contributed by atoms with Crippen LogP contribution in [0.4, 0.5) is 5.82 Å². The topological polar surface area (TPSA) is 110 Å². The van der Waals surface area contributed by atoms with Crippen molar-refractivity contribution in [2.75, 3.05) is 19.3 Å². The van der Waals surface area contributed by atoms with Crippen LogP contribution in [0.15, 0.2) is 66.9 Å². The number of anilines is 1. The summed E-state index contributed by atoms with van der Waals surface area (Å²) in [6.07, 6.45) is 8.83. The third kappa shape index (κ3) is 5.14. The lowest BCUT2D eigenvalue weighted by Crippen LogP contribution is -2.25. The molecule has 0 unspecified atom stereocenters. The Labute approximate surface area is 164 Å². The molecule has 2 amide bonds. The molecule has 0 saturated heterocycles. The minimum Gasteiger partial charge on any atom is -0.382 e. The highest BCUT2D eigenvalue weighted by molar-refractivity contribution is 5.97. The highest BCUT2D eigenvalue weighted by atomic mass is 16.2. The Kier molecular flexibility index (Phi) is 7.21. The summed E-state index contributed by atoms with van der Waals surface area (Å²) in [4.78, 5) is 32.7. The Morgan fingerprint density at radius 2 is 2.07 bits per heavy atom. The molecule has 2 aromatic rings. The quantitative estimate of drug-likeness (QED) is 0.642. The van der Waals surface area contributed by atoms with Crippen molar-refractivity contribution in [2.45, 2.75) is 6.92 Å². The van der Waals surface area contributed by atoms with Gasteiger partial charge in [-0.25, -0.2) is 9.97 Å². The number of carbonyl (C=O) groups excluding carboxylic acids is 2. The fourth-order valence-electron chi connectivity index (χ4n) is 2.35. The molecule has 4 N–H and O–H groups in total. The predicted octanol–water partition coefficient (Wildman–Crippen LogP) is 2.50. The molecular weight excluding hydrogens is 354 g/mol. The maximum Gasteiger partial charge on any atom is 0.273 e. The van der Waals surface area contributed by atoms with Gasteiger partial charge in [0, 0.05) is 24.7 Å². The number of nitrogens with one attached hydrogen (secondary N) is 2. The average molecular weight is 377 g/mol. The molecule has 0 spiro atoms. The molecule has 0 radical (unpaired) electrons. The third-order valence-corrected chi connectivity index (χ3v) is 3.88. The molecule has 0 saturated carbocycles. The van der Waals surface area contributed by atoms with Gasteiger partial charge in [-0.05, 0) is 24.6 Å². The summed E-state index contributed by atoms with van der Waals surface area (Å²) in [6.45, 7) is 6.02. The zero-order chi connectivity index (χ0) is 20.5. The first kappa shape index (κ1) is 20.6. The second kappa shape index (κ2) is 9.82. The SMILES string of the molecule is C=C/C(=C\C=C/C)CNC(=O)c1cccc(-c2cnc(N)c(C(=O)NC)n2)c1. The van der Waals surface area contributed by atoms with Crippen LogP contribution in [-0.2, 0) is 0 Å². The first-order valence-electron chi connectivity index (χ1n) is 8.67. The number of nitrogen functional groups attached to an aromatic ring is 1. The molecule has 1 heterocycles. The van der Waals surface area contributed by atoms with Crippen molar-refractivity contribution in [3.05, 3.63) is 78.2 Å². The number of nitrogens with two attached hydrogens (primary N) is 1. The summed E-state index contributed by atoms with van der Waals surface area (Å²) < 4.78 is 0. The van der Waals surface area contributed by atoms with Crippen molar-refractivity contribution in [3.63, 3.8) is 0 Å². The molecule has 0 bridgehead atoms. The van der Waals surface area contributed by atoms with Crippen LogP contribution in [0.2, 0.25) is 0 Å². The number of hydrogen-bond acceptors (Lipinski definition) is 5. The van der Waals surface area contributed by atoms with Crippen LogP contribution < -0.4 is 16.4 Å². The summed E-state index contributed by atoms with van der Waals surface area (Å²) in [6, 6.07) is 6.91. The number of rotatable bonds is 7. The largest absolute Gasteiger partial charge is 0.382 e. The van der Waals surface area contributed by atoms with Crippen LogP contribution in [-0.4, -0.2) is 35.4 Å². The Bertz CT molecular complexity index is 948. The zero-order valence-corrected chi connectivity index (χ0v) is 15.9. The van der Waals surface area contributed by atoms with Crippen molar-refractivity contribution in [2.24, 2.45) is 0 Å². The van der Waals surface area contributed by atoms with Crippen LogP contribution in [0.1, 0.15) is 27.8 Å². The minimum absolute atomic E-state index is 0.0413. The van der Waals surface area contributed by atoms with E-state index >= 15 is 0 Å². The summed E-state index contributed by atoms with van der Waals surface area (Å²) in [5.74, 6) is -0.613. The van der Waals surface area contributed by atoms with E-state index in [1.54, 1.807) is 30.3 Å². The van der Waals surface area contributed by atoms with Crippen molar-refractivity contribution in [1.29, 1.82) is 0 Å². The average Bonchev–Trinajstić information content (AvgIpc) is 2.73. The van der Waals surface area contributed by atoms with Crippen LogP contribution in [0.3, 0.4) is 0 Å². The Hall–Kier alpha value is -3.74. The van der Waals surface area contributed by atoms with Crippen LogP contribution in [0, 0.1) is 0 Å². The smallest absolute Gasteiger partial charge is 0.273 e. The molecule has 0 aliphatic rings. The van der Waals surface area contributed by atoms with Crippen molar-refractivity contribution in [1.82, 2.24) is 20.6 Å². The van der Waals surface area contributed by atoms with E-state index in [1.165, 1.54) is 13.2 Å². The zero-order valence-electron chi connectivity index (χ0n) is 15.9. The molecule has 0 aliphatic heterocycles. The first-order valence-corrected chi connectivity index (χ1v) is 8.67. The molecule has 7 heteroatoms. The number of aromatic nitrogens is 2. The third-order valence-electron chi connectivity index (χ3n) is 3.88. The molecule has 1 aromatic carbocycles. The van der Waals surface area contributed by atoms with Crippen LogP contribution in [0.25, 0.3) is 11.3 Å². The lowest BCUT2D eigenvalue weighted by atomic mass is 10.1. The molecule has 0 atom stereocenters. The van der Waals surface area contributed by atoms with Gasteiger partial charge >= 0.3 is 0 Å². The molecule has 7 nitrogen and oxygen atoms in total. The van der Waals surface area contributed by atoms with E-state index in [1.807, 2.05) is 25.2 Å². The number of allylic oxidation sites excluding steroid dienone is 3. The van der Waals surface area contributed by atoms with Gasteiger partial charge in [0.25, 0.3) is 11.8 Å². The predicted molar refractivity (Wildman–Crippen MR) is 111 cm³/mol. The fraction of sp³-hybridized carbons (Fsp3) is 0.143. The van der Waals surface area contributed by atoms with Gasteiger partial charge in [-0.3, -0.25) is 9.59 Å². The Morgan fingerprint density at radius 1 is 1.29 bits per heavy atom. The van der Waals surface area contributed by atoms with Gasteiger partial charge in [0.1, 0.15) is 0 Å². The number of hydrogen-bond donors (Lipinski definition) is 3. The second-order valence-corrected chi connectivity index (χ2v) is 5.80. The Balaban J connectivity index is 2.23. The molecule has 28 heavy (non-hydrogen) atoms. The van der Waals surface area contributed by atoms with E-state index in [2.05, 4.69) is 27.2 Å². The summed E-state index contributed by atoms with van der Waals surface area (Å²) in [5.41, 5.74) is 8.22. The van der Waals surface area contributed by atoms with E-state index in [0.717, 1.165) is 5.57 Å². The van der Waals surface area contributed by atoms with Gasteiger partial charge in [-0.2, -0.15) is 0 Å². The highest BCUT2D eigenvalue weighted by Crippen LogP contribution is 2.20. The second-order valence-electron chi connectivity index (χ2n) is 5.80. The van der Waals surface area contributed by atoms with Gasteiger partial charge in [0.15, 0.2) is 11.5 Å². The summed E-state index contributed by atoms with van der Waals surface area (Å²) in [5, 5.41) is 5.33. The highest BCUT2D eigenvalue weighted by Gasteiger charge is 2.14. The van der Waals surface area contributed by atoms with E-state index in [-0.39, 0.29) is 17.4 Å². The van der Waals surface area contributed by atoms with Crippen molar-refractivity contribution < 1.29 is 9.59 Å². The first-order chi connectivity index (χ1) is 13.5. The maximum atomic E-state index is 12.5. The Morgan fingerprint density at radius 3 is 2.75 bits per heavy atom. The number of amides is 2. The van der Waals surface area contributed by atoms with Crippen molar-refractivity contribution >= 4 is 17.6 Å².